The monoisotopic (exact) mass is 186 g/mol. The SMILES string of the molecule is CO[C@@H](C)C[C@H]1OCCCC1(C)C. The van der Waals surface area contributed by atoms with Crippen molar-refractivity contribution in [3.63, 3.8) is 0 Å². The molecule has 2 heteroatoms. The van der Waals surface area contributed by atoms with Crippen LogP contribution in [0, 0.1) is 5.41 Å². The number of hydrogen-bond donors (Lipinski definition) is 0. The molecule has 0 radical (unpaired) electrons. The summed E-state index contributed by atoms with van der Waals surface area (Å²) in [4.78, 5) is 0. The molecule has 0 bridgehead atoms. The first-order valence-corrected chi connectivity index (χ1v) is 5.20. The van der Waals surface area contributed by atoms with E-state index in [0.717, 1.165) is 13.0 Å². The standard InChI is InChI=1S/C11H22O2/c1-9(12-4)8-10-11(2,3)6-5-7-13-10/h9-10H,5-8H2,1-4H3/t9-,10+/m0/s1. The van der Waals surface area contributed by atoms with Gasteiger partial charge in [0.05, 0.1) is 12.2 Å². The molecule has 0 aromatic carbocycles. The summed E-state index contributed by atoms with van der Waals surface area (Å²) >= 11 is 0. The third-order valence-electron chi connectivity index (χ3n) is 3.10. The molecule has 0 N–H and O–H groups in total. The van der Waals surface area contributed by atoms with E-state index in [9.17, 15) is 0 Å². The Morgan fingerprint density at radius 2 is 2.23 bits per heavy atom. The molecule has 0 aromatic rings. The zero-order valence-corrected chi connectivity index (χ0v) is 9.30. The molecule has 1 saturated heterocycles. The van der Waals surface area contributed by atoms with E-state index in [1.807, 2.05) is 0 Å². The zero-order valence-electron chi connectivity index (χ0n) is 9.30. The fraction of sp³-hybridized carbons (Fsp3) is 1.00. The lowest BCUT2D eigenvalue weighted by Crippen LogP contribution is -2.38. The van der Waals surface area contributed by atoms with E-state index < -0.39 is 0 Å². The normalized spacial score (nSPS) is 30.0. The molecule has 2 atom stereocenters. The largest absolute Gasteiger partial charge is 0.382 e. The van der Waals surface area contributed by atoms with Crippen molar-refractivity contribution >= 4 is 0 Å². The molecule has 1 rings (SSSR count). The topological polar surface area (TPSA) is 18.5 Å². The average Bonchev–Trinajstić information content (AvgIpc) is 2.08. The first-order chi connectivity index (χ1) is 6.06. The predicted octanol–water partition coefficient (Wildman–Crippen LogP) is 2.62. The number of hydrogen-bond acceptors (Lipinski definition) is 2. The molecule has 1 aliphatic heterocycles. The second kappa shape index (κ2) is 4.43. The Hall–Kier alpha value is -0.0800. The molecular formula is C11H22O2. The van der Waals surface area contributed by atoms with E-state index in [0.29, 0.717) is 17.6 Å². The fourth-order valence-electron chi connectivity index (χ4n) is 1.92. The number of rotatable bonds is 3. The number of ether oxygens (including phenoxy) is 2. The molecule has 0 amide bonds. The van der Waals surface area contributed by atoms with Crippen molar-refractivity contribution in [2.75, 3.05) is 13.7 Å². The van der Waals surface area contributed by atoms with Gasteiger partial charge < -0.3 is 9.47 Å². The maximum atomic E-state index is 5.79. The van der Waals surface area contributed by atoms with Gasteiger partial charge in [0.2, 0.25) is 0 Å². The van der Waals surface area contributed by atoms with Crippen molar-refractivity contribution in [1.29, 1.82) is 0 Å². The molecule has 1 fully saturated rings. The lowest BCUT2D eigenvalue weighted by molar-refractivity contribution is -0.0897. The third-order valence-corrected chi connectivity index (χ3v) is 3.10. The maximum absolute atomic E-state index is 5.79. The molecule has 0 aliphatic carbocycles. The highest BCUT2D eigenvalue weighted by molar-refractivity contribution is 4.83. The minimum absolute atomic E-state index is 0.308. The van der Waals surface area contributed by atoms with Crippen LogP contribution in [-0.2, 0) is 9.47 Å². The summed E-state index contributed by atoms with van der Waals surface area (Å²) in [6.45, 7) is 7.61. The van der Waals surface area contributed by atoms with Crippen LogP contribution in [-0.4, -0.2) is 25.9 Å². The molecule has 0 saturated carbocycles. The van der Waals surface area contributed by atoms with Gasteiger partial charge >= 0.3 is 0 Å². The van der Waals surface area contributed by atoms with Crippen LogP contribution in [0.15, 0.2) is 0 Å². The Morgan fingerprint density at radius 3 is 2.77 bits per heavy atom. The summed E-state index contributed by atoms with van der Waals surface area (Å²) in [6.07, 6.45) is 4.17. The van der Waals surface area contributed by atoms with Gasteiger partial charge in [0.25, 0.3) is 0 Å². The summed E-state index contributed by atoms with van der Waals surface area (Å²) in [5, 5.41) is 0. The quantitative estimate of drug-likeness (QED) is 0.674. The third kappa shape index (κ3) is 2.96. The van der Waals surface area contributed by atoms with Crippen molar-refractivity contribution in [1.82, 2.24) is 0 Å². The smallest absolute Gasteiger partial charge is 0.0650 e. The average molecular weight is 186 g/mol. The lowest BCUT2D eigenvalue weighted by atomic mass is 9.78. The van der Waals surface area contributed by atoms with E-state index in [4.69, 9.17) is 9.47 Å². The van der Waals surface area contributed by atoms with E-state index >= 15 is 0 Å². The summed E-state index contributed by atoms with van der Waals surface area (Å²) in [5.41, 5.74) is 0.324. The Balaban J connectivity index is 2.46. The van der Waals surface area contributed by atoms with Gasteiger partial charge in [-0.1, -0.05) is 13.8 Å². The van der Waals surface area contributed by atoms with Gasteiger partial charge in [-0.2, -0.15) is 0 Å². The molecule has 1 heterocycles. The van der Waals surface area contributed by atoms with Crippen LogP contribution < -0.4 is 0 Å². The Labute approximate surface area is 81.6 Å². The van der Waals surface area contributed by atoms with E-state index in [1.54, 1.807) is 7.11 Å². The molecule has 1 aliphatic rings. The predicted molar refractivity (Wildman–Crippen MR) is 53.8 cm³/mol. The van der Waals surface area contributed by atoms with E-state index in [2.05, 4.69) is 20.8 Å². The first-order valence-electron chi connectivity index (χ1n) is 5.20. The Bertz CT molecular complexity index is 154. The lowest BCUT2D eigenvalue weighted by Gasteiger charge is -2.39. The maximum Gasteiger partial charge on any atom is 0.0650 e. The Kier molecular flexibility index (Phi) is 3.74. The van der Waals surface area contributed by atoms with Crippen LogP contribution >= 0.6 is 0 Å². The molecule has 78 valence electrons. The first kappa shape index (κ1) is 11.0. The highest BCUT2D eigenvalue weighted by Gasteiger charge is 2.33. The van der Waals surface area contributed by atoms with Crippen molar-refractivity contribution in [3.05, 3.63) is 0 Å². The highest BCUT2D eigenvalue weighted by atomic mass is 16.5. The van der Waals surface area contributed by atoms with Crippen LogP contribution in [0.2, 0.25) is 0 Å². The van der Waals surface area contributed by atoms with Gasteiger partial charge in [0.15, 0.2) is 0 Å². The zero-order chi connectivity index (χ0) is 9.90. The van der Waals surface area contributed by atoms with Crippen LogP contribution in [0.1, 0.15) is 40.0 Å². The minimum atomic E-state index is 0.308. The summed E-state index contributed by atoms with van der Waals surface area (Å²) < 4.78 is 11.1. The van der Waals surface area contributed by atoms with Gasteiger partial charge in [-0.15, -0.1) is 0 Å². The van der Waals surface area contributed by atoms with Gasteiger partial charge in [-0.05, 0) is 31.6 Å². The minimum Gasteiger partial charge on any atom is -0.382 e. The van der Waals surface area contributed by atoms with Gasteiger partial charge in [-0.3, -0.25) is 0 Å². The van der Waals surface area contributed by atoms with Crippen LogP contribution in [0.25, 0.3) is 0 Å². The van der Waals surface area contributed by atoms with Crippen molar-refractivity contribution < 1.29 is 9.47 Å². The Morgan fingerprint density at radius 1 is 1.54 bits per heavy atom. The van der Waals surface area contributed by atoms with Crippen LogP contribution in [0.3, 0.4) is 0 Å². The van der Waals surface area contributed by atoms with Crippen LogP contribution in [0.4, 0.5) is 0 Å². The molecule has 0 aromatic heterocycles. The van der Waals surface area contributed by atoms with Crippen molar-refractivity contribution in [2.24, 2.45) is 5.41 Å². The van der Waals surface area contributed by atoms with Crippen molar-refractivity contribution in [3.8, 4) is 0 Å². The molecule has 2 nitrogen and oxygen atoms in total. The second-order valence-corrected chi connectivity index (χ2v) is 4.73. The van der Waals surface area contributed by atoms with Gasteiger partial charge in [-0.25, -0.2) is 0 Å². The second-order valence-electron chi connectivity index (χ2n) is 4.73. The number of methoxy groups -OCH3 is 1. The van der Waals surface area contributed by atoms with Gasteiger partial charge in [0, 0.05) is 13.7 Å². The van der Waals surface area contributed by atoms with Crippen molar-refractivity contribution in [2.45, 2.75) is 52.2 Å². The molecule has 0 unspecified atom stereocenters. The fourth-order valence-corrected chi connectivity index (χ4v) is 1.92. The highest BCUT2D eigenvalue weighted by Crippen LogP contribution is 2.35. The van der Waals surface area contributed by atoms with E-state index in [-0.39, 0.29) is 0 Å². The molecule has 13 heavy (non-hydrogen) atoms. The summed E-state index contributed by atoms with van der Waals surface area (Å²) in [5.74, 6) is 0. The van der Waals surface area contributed by atoms with E-state index in [1.165, 1.54) is 12.8 Å². The molecule has 0 spiro atoms. The molecular weight excluding hydrogens is 164 g/mol. The summed E-state index contributed by atoms with van der Waals surface area (Å²) in [7, 11) is 1.76. The van der Waals surface area contributed by atoms with Crippen LogP contribution in [0.5, 0.6) is 0 Å². The van der Waals surface area contributed by atoms with Gasteiger partial charge in [0.1, 0.15) is 0 Å². The summed E-state index contributed by atoms with van der Waals surface area (Å²) in [6, 6.07) is 0.